The van der Waals surface area contributed by atoms with Gasteiger partial charge in [-0.1, -0.05) is 23.5 Å². The van der Waals surface area contributed by atoms with Gasteiger partial charge in [-0.05, 0) is 49.1 Å². The molecular formula is C20H24N3OS2+. The van der Waals surface area contributed by atoms with Gasteiger partial charge in [-0.25, -0.2) is 4.98 Å². The molecule has 0 saturated heterocycles. The summed E-state index contributed by atoms with van der Waals surface area (Å²) in [7, 11) is 4.19. The predicted octanol–water partition coefficient (Wildman–Crippen LogP) is 3.12. The molecule has 1 N–H and O–H groups in total. The summed E-state index contributed by atoms with van der Waals surface area (Å²) in [5.41, 5.74) is 2.83. The van der Waals surface area contributed by atoms with Gasteiger partial charge < -0.3 is 4.90 Å². The van der Waals surface area contributed by atoms with Crippen molar-refractivity contribution in [1.29, 1.82) is 0 Å². The number of fused-ring (bicyclic) bond motifs is 1. The van der Waals surface area contributed by atoms with E-state index in [0.29, 0.717) is 12.1 Å². The fraction of sp³-hybridized carbons (Fsp3) is 0.300. The zero-order chi connectivity index (χ0) is 18.7. The first-order valence-electron chi connectivity index (χ1n) is 8.60. The third-order valence-corrected chi connectivity index (χ3v) is 6.05. The van der Waals surface area contributed by atoms with Gasteiger partial charge in [0.15, 0.2) is 5.13 Å². The van der Waals surface area contributed by atoms with Crippen LogP contribution in [0.4, 0.5) is 5.13 Å². The fourth-order valence-electron chi connectivity index (χ4n) is 2.70. The van der Waals surface area contributed by atoms with Gasteiger partial charge >= 0.3 is 0 Å². The number of carbonyl (C=O) groups is 1. The Balaban J connectivity index is 1.97. The van der Waals surface area contributed by atoms with Crippen LogP contribution in [0.5, 0.6) is 0 Å². The van der Waals surface area contributed by atoms with Crippen LogP contribution < -0.4 is 9.80 Å². The molecule has 0 radical (unpaired) electrons. The topological polar surface area (TPSA) is 37.6 Å². The standard InChI is InChI=1S/C20H23N3OS2/c1-14-6-5-7-17-18(14)21-20(26-17)23(13-12-22(2)3)19(24)15-8-10-16(25-4)11-9-15/h5-11H,12-13H2,1-4H3/p+1. The maximum absolute atomic E-state index is 13.2. The maximum Gasteiger partial charge on any atom is 0.260 e. The molecule has 0 aliphatic heterocycles. The lowest BCUT2D eigenvalue weighted by molar-refractivity contribution is -0.856. The zero-order valence-corrected chi connectivity index (χ0v) is 17.2. The van der Waals surface area contributed by atoms with Crippen molar-refractivity contribution in [3.8, 4) is 0 Å². The Morgan fingerprint density at radius 3 is 2.54 bits per heavy atom. The Bertz CT molecular complexity index is 903. The van der Waals surface area contributed by atoms with Crippen molar-refractivity contribution in [2.75, 3.05) is 38.3 Å². The summed E-state index contributed by atoms with van der Waals surface area (Å²) in [5.74, 6) is 0.00983. The fourth-order valence-corrected chi connectivity index (χ4v) is 4.18. The van der Waals surface area contributed by atoms with Crippen LogP contribution in [0.25, 0.3) is 10.2 Å². The van der Waals surface area contributed by atoms with E-state index in [2.05, 4.69) is 33.2 Å². The summed E-state index contributed by atoms with van der Waals surface area (Å²) >= 11 is 3.26. The highest BCUT2D eigenvalue weighted by Gasteiger charge is 2.22. The highest BCUT2D eigenvalue weighted by atomic mass is 32.2. The molecule has 1 aromatic heterocycles. The van der Waals surface area contributed by atoms with Crippen molar-refractivity contribution in [2.24, 2.45) is 0 Å². The number of nitrogens with one attached hydrogen (secondary N) is 1. The second-order valence-corrected chi connectivity index (χ2v) is 8.45. The van der Waals surface area contributed by atoms with Crippen LogP contribution in [0.3, 0.4) is 0 Å². The Labute approximate surface area is 162 Å². The number of thiazole rings is 1. The quantitative estimate of drug-likeness (QED) is 0.662. The SMILES string of the molecule is CSc1ccc(C(=O)N(CC[NH+](C)C)c2nc3c(C)cccc3s2)cc1. The van der Waals surface area contributed by atoms with Gasteiger partial charge in [-0.15, -0.1) is 11.8 Å². The first-order valence-corrected chi connectivity index (χ1v) is 10.6. The molecule has 0 fully saturated rings. The van der Waals surface area contributed by atoms with E-state index >= 15 is 0 Å². The summed E-state index contributed by atoms with van der Waals surface area (Å²) in [6, 6.07) is 14.0. The summed E-state index contributed by atoms with van der Waals surface area (Å²) < 4.78 is 1.12. The van der Waals surface area contributed by atoms with Crippen LogP contribution in [-0.4, -0.2) is 44.3 Å². The van der Waals surface area contributed by atoms with E-state index in [1.807, 2.05) is 41.5 Å². The molecule has 6 heteroatoms. The second-order valence-electron chi connectivity index (χ2n) is 6.56. The van der Waals surface area contributed by atoms with Crippen molar-refractivity contribution in [3.63, 3.8) is 0 Å². The molecule has 26 heavy (non-hydrogen) atoms. The van der Waals surface area contributed by atoms with Gasteiger partial charge in [0.25, 0.3) is 5.91 Å². The number of carbonyl (C=O) groups excluding carboxylic acids is 1. The van der Waals surface area contributed by atoms with Gasteiger partial charge in [-0.3, -0.25) is 9.69 Å². The Hall–Kier alpha value is -1.89. The number of rotatable bonds is 6. The monoisotopic (exact) mass is 386 g/mol. The molecule has 0 spiro atoms. The molecule has 3 rings (SSSR count). The van der Waals surface area contributed by atoms with Gasteiger partial charge in [0.05, 0.1) is 37.4 Å². The van der Waals surface area contributed by atoms with Crippen LogP contribution in [0.15, 0.2) is 47.4 Å². The van der Waals surface area contributed by atoms with E-state index in [1.54, 1.807) is 23.1 Å². The van der Waals surface area contributed by atoms with Gasteiger partial charge in [-0.2, -0.15) is 0 Å². The number of para-hydroxylation sites is 1. The van der Waals surface area contributed by atoms with Crippen molar-refractivity contribution < 1.29 is 9.69 Å². The largest absolute Gasteiger partial charge is 0.338 e. The number of nitrogens with zero attached hydrogens (tertiary/aromatic N) is 2. The van der Waals surface area contributed by atoms with E-state index in [-0.39, 0.29) is 5.91 Å². The molecule has 136 valence electrons. The average Bonchev–Trinajstić information content (AvgIpc) is 3.07. The molecule has 0 saturated carbocycles. The molecule has 0 aliphatic carbocycles. The van der Waals surface area contributed by atoms with Crippen LogP contribution in [0, 0.1) is 6.92 Å². The van der Waals surface area contributed by atoms with Gasteiger partial charge in [0.2, 0.25) is 0 Å². The lowest BCUT2D eigenvalue weighted by Crippen LogP contribution is -3.06. The van der Waals surface area contributed by atoms with Crippen LogP contribution in [-0.2, 0) is 0 Å². The minimum Gasteiger partial charge on any atom is -0.338 e. The van der Waals surface area contributed by atoms with Gasteiger partial charge in [0, 0.05) is 10.5 Å². The minimum atomic E-state index is 0.00983. The molecule has 2 aromatic carbocycles. The first kappa shape index (κ1) is 18.9. The number of amides is 1. The van der Waals surface area contributed by atoms with Crippen LogP contribution in [0.1, 0.15) is 15.9 Å². The van der Waals surface area contributed by atoms with Crippen molar-refractivity contribution in [2.45, 2.75) is 11.8 Å². The highest BCUT2D eigenvalue weighted by molar-refractivity contribution is 7.98. The van der Waals surface area contributed by atoms with Crippen molar-refractivity contribution in [3.05, 3.63) is 53.6 Å². The Kier molecular flexibility index (Phi) is 5.96. The molecule has 0 bridgehead atoms. The van der Waals surface area contributed by atoms with E-state index in [1.165, 1.54) is 4.90 Å². The Morgan fingerprint density at radius 1 is 1.19 bits per heavy atom. The minimum absolute atomic E-state index is 0.00983. The number of hydrogen-bond acceptors (Lipinski definition) is 4. The summed E-state index contributed by atoms with van der Waals surface area (Å²) in [5, 5.41) is 0.773. The number of anilines is 1. The third kappa shape index (κ3) is 4.09. The van der Waals surface area contributed by atoms with E-state index in [0.717, 1.165) is 32.4 Å². The third-order valence-electron chi connectivity index (χ3n) is 4.26. The molecule has 0 aliphatic rings. The number of hydrogen-bond donors (Lipinski definition) is 1. The normalized spacial score (nSPS) is 11.3. The van der Waals surface area contributed by atoms with E-state index < -0.39 is 0 Å². The second kappa shape index (κ2) is 8.20. The van der Waals surface area contributed by atoms with Gasteiger partial charge in [0.1, 0.15) is 0 Å². The number of likely N-dealkylation sites (N-methyl/N-ethyl adjacent to an activating group) is 1. The van der Waals surface area contributed by atoms with Crippen molar-refractivity contribution >= 4 is 44.4 Å². The molecule has 4 nitrogen and oxygen atoms in total. The number of quaternary nitrogens is 1. The van der Waals surface area contributed by atoms with E-state index in [9.17, 15) is 4.79 Å². The molecule has 3 aromatic rings. The highest BCUT2D eigenvalue weighted by Crippen LogP contribution is 2.31. The number of benzene rings is 2. The molecule has 1 amide bonds. The summed E-state index contributed by atoms with van der Waals surface area (Å²) in [6.07, 6.45) is 2.03. The number of aryl methyl sites for hydroxylation is 1. The molecule has 0 atom stereocenters. The first-order chi connectivity index (χ1) is 12.5. The maximum atomic E-state index is 13.2. The lowest BCUT2D eigenvalue weighted by atomic mass is 10.2. The van der Waals surface area contributed by atoms with Crippen LogP contribution >= 0.6 is 23.1 Å². The number of thioether (sulfide) groups is 1. The predicted molar refractivity (Wildman–Crippen MR) is 112 cm³/mol. The average molecular weight is 387 g/mol. The Morgan fingerprint density at radius 2 is 1.92 bits per heavy atom. The van der Waals surface area contributed by atoms with E-state index in [4.69, 9.17) is 4.98 Å². The van der Waals surface area contributed by atoms with Crippen molar-refractivity contribution in [1.82, 2.24) is 4.98 Å². The van der Waals surface area contributed by atoms with Crippen LogP contribution in [0.2, 0.25) is 0 Å². The smallest absolute Gasteiger partial charge is 0.260 e. The summed E-state index contributed by atoms with van der Waals surface area (Å²) in [6.45, 7) is 3.57. The molecule has 0 unspecified atom stereocenters. The molecule has 1 heterocycles. The summed E-state index contributed by atoms with van der Waals surface area (Å²) in [4.78, 5) is 22.3. The zero-order valence-electron chi connectivity index (χ0n) is 15.6. The number of aromatic nitrogens is 1. The molecular weight excluding hydrogens is 362 g/mol. The lowest BCUT2D eigenvalue weighted by Gasteiger charge is -2.20.